The second kappa shape index (κ2) is 16.6. The fraction of sp³-hybridized carbons (Fsp3) is 0.469. The number of nitrogens with zero attached hydrogens (tertiary/aromatic N) is 7. The Balaban J connectivity index is 0.832. The molecule has 7 aliphatic rings. The molecule has 2 aromatic heterocycles. The summed E-state index contributed by atoms with van der Waals surface area (Å²) in [6, 6.07) is 20.8. The minimum atomic E-state index is -4.68. The average molecular weight is 945 g/mol. The van der Waals surface area contributed by atoms with Gasteiger partial charge in [0.15, 0.2) is 11.4 Å². The molecule has 0 radical (unpaired) electrons. The van der Waals surface area contributed by atoms with E-state index >= 15 is 0 Å². The monoisotopic (exact) mass is 944 g/mol. The van der Waals surface area contributed by atoms with Crippen LogP contribution in [0, 0.1) is 22.5 Å². The third-order valence-electron chi connectivity index (χ3n) is 15.5. The number of ether oxygens (including phenoxy) is 3. The van der Waals surface area contributed by atoms with Crippen LogP contribution in [-0.4, -0.2) is 147 Å². The molecule has 68 heavy (non-hydrogen) atoms. The number of anilines is 4. The average Bonchev–Trinajstić information content (AvgIpc) is 4.09. The molecule has 1 aliphatic carbocycles. The molecule has 19 heteroatoms. The summed E-state index contributed by atoms with van der Waals surface area (Å²) in [7, 11) is -2.60. The van der Waals surface area contributed by atoms with Crippen molar-refractivity contribution >= 4 is 55.4 Å². The first-order valence-electron chi connectivity index (χ1n) is 23.8. The van der Waals surface area contributed by atoms with Gasteiger partial charge in [0.25, 0.3) is 21.6 Å². The number of H-pyrrole nitrogens is 1. The third-order valence-corrected chi connectivity index (χ3v) is 16.8. The van der Waals surface area contributed by atoms with E-state index in [1.165, 1.54) is 30.0 Å². The van der Waals surface area contributed by atoms with Crippen molar-refractivity contribution in [3.8, 4) is 11.6 Å². The predicted octanol–water partition coefficient (Wildman–Crippen LogP) is 5.42. The minimum Gasteiger partial charge on any atom is -0.489 e. The van der Waals surface area contributed by atoms with Gasteiger partial charge >= 0.3 is 0 Å². The van der Waals surface area contributed by atoms with Crippen LogP contribution in [0.4, 0.5) is 28.4 Å². The number of hydrogen-bond donors (Lipinski definition) is 3. The molecule has 1 saturated carbocycles. The van der Waals surface area contributed by atoms with Crippen molar-refractivity contribution in [3.63, 3.8) is 0 Å². The van der Waals surface area contributed by atoms with Gasteiger partial charge in [0.1, 0.15) is 24.0 Å². The number of nitro groups is 1. The Bertz CT molecular complexity index is 2930. The zero-order valence-corrected chi connectivity index (χ0v) is 39.0. The number of aromatic nitrogens is 2. The van der Waals surface area contributed by atoms with Gasteiger partial charge in [-0.15, -0.1) is 0 Å². The van der Waals surface area contributed by atoms with Crippen LogP contribution in [0.5, 0.6) is 11.6 Å². The maximum absolute atomic E-state index is 14.7. The molecular weight excluding hydrogens is 889 g/mol. The number of aromatic amines is 1. The van der Waals surface area contributed by atoms with Crippen LogP contribution in [0.15, 0.2) is 77.8 Å². The molecule has 5 fully saturated rings. The second-order valence-electron chi connectivity index (χ2n) is 20.0. The highest BCUT2D eigenvalue weighted by molar-refractivity contribution is 7.90. The van der Waals surface area contributed by atoms with Crippen molar-refractivity contribution in [1.82, 2.24) is 29.4 Å². The number of sulfonamides is 1. The van der Waals surface area contributed by atoms with Crippen LogP contribution >= 0.6 is 0 Å². The molecule has 0 unspecified atom stereocenters. The molecule has 3 aromatic carbocycles. The molecule has 356 valence electrons. The summed E-state index contributed by atoms with van der Waals surface area (Å²) in [6.07, 6.45) is 6.05. The number of benzene rings is 3. The molecule has 0 bridgehead atoms. The highest BCUT2D eigenvalue weighted by Crippen LogP contribution is 2.55. The van der Waals surface area contributed by atoms with E-state index in [4.69, 9.17) is 19.2 Å². The van der Waals surface area contributed by atoms with Gasteiger partial charge in [-0.2, -0.15) is 4.98 Å². The first-order chi connectivity index (χ1) is 32.9. The van der Waals surface area contributed by atoms with Crippen LogP contribution < -0.4 is 29.3 Å². The van der Waals surface area contributed by atoms with Crippen LogP contribution in [0.2, 0.25) is 0 Å². The van der Waals surface area contributed by atoms with Crippen molar-refractivity contribution in [3.05, 3.63) is 99.7 Å². The lowest BCUT2D eigenvalue weighted by Crippen LogP contribution is -2.66. The fourth-order valence-corrected chi connectivity index (χ4v) is 13.0. The zero-order valence-electron chi connectivity index (χ0n) is 38.2. The SMILES string of the molecule is Cc1ccccc1[C@@H]1CCCN1C1CC2(C1)CN(c1ccc(C(=O)NS(=O)(=O)c3cc4c(c([N+](=O)[O-])c3)N[C@H](CN3CCN(C)CC3)CO4)c(N3c4cc5cc[nH]c5nc4O[C@H]4COC[C@@H]43)c1)C2. The van der Waals surface area contributed by atoms with E-state index in [0.717, 1.165) is 75.8 Å². The number of piperazine rings is 1. The van der Waals surface area contributed by atoms with Crippen molar-refractivity contribution in [1.29, 1.82) is 0 Å². The number of carbonyl (C=O) groups excluding carboxylic acids is 1. The molecule has 1 spiro atoms. The summed E-state index contributed by atoms with van der Waals surface area (Å²) >= 11 is 0. The number of rotatable bonds is 10. The predicted molar refractivity (Wildman–Crippen MR) is 256 cm³/mol. The Morgan fingerprint density at radius 1 is 0.985 bits per heavy atom. The van der Waals surface area contributed by atoms with Crippen LogP contribution in [0.3, 0.4) is 0 Å². The van der Waals surface area contributed by atoms with Crippen molar-refractivity contribution < 1.29 is 32.3 Å². The highest BCUT2D eigenvalue weighted by atomic mass is 32.2. The third kappa shape index (κ3) is 7.58. The van der Waals surface area contributed by atoms with Gasteiger partial charge in [-0.1, -0.05) is 24.3 Å². The molecule has 5 aromatic rings. The van der Waals surface area contributed by atoms with E-state index in [1.807, 2.05) is 29.2 Å². The van der Waals surface area contributed by atoms with Crippen molar-refractivity contribution in [2.75, 3.05) is 94.3 Å². The Kier molecular flexibility index (Phi) is 10.6. The Labute approximate surface area is 394 Å². The summed E-state index contributed by atoms with van der Waals surface area (Å²) in [5.74, 6) is -0.497. The number of likely N-dealkylation sites (N-methyl/N-ethyl adjacent to an activating group) is 1. The molecule has 1 amide bonds. The number of nitro benzene ring substituents is 1. The van der Waals surface area contributed by atoms with E-state index in [2.05, 4.69) is 72.9 Å². The molecule has 18 nitrogen and oxygen atoms in total. The summed E-state index contributed by atoms with van der Waals surface area (Å²) in [5.41, 5.74) is 5.39. The number of hydrogen-bond acceptors (Lipinski definition) is 15. The molecule has 4 saturated heterocycles. The second-order valence-corrected chi connectivity index (χ2v) is 21.7. The molecule has 12 rings (SSSR count). The topological polar surface area (TPSA) is 191 Å². The zero-order chi connectivity index (χ0) is 46.5. The number of pyridine rings is 1. The lowest BCUT2D eigenvalue weighted by molar-refractivity contribution is -0.384. The van der Waals surface area contributed by atoms with E-state index in [1.54, 1.807) is 12.3 Å². The summed E-state index contributed by atoms with van der Waals surface area (Å²) < 4.78 is 49.2. The van der Waals surface area contributed by atoms with Crippen molar-refractivity contribution in [2.45, 2.75) is 67.8 Å². The number of carbonyl (C=O) groups is 1. The number of nitrogens with one attached hydrogen (secondary N) is 3. The summed E-state index contributed by atoms with van der Waals surface area (Å²) in [5, 5.41) is 16.6. The quantitative estimate of drug-likeness (QED) is 0.119. The Morgan fingerprint density at radius 2 is 1.81 bits per heavy atom. The smallest absolute Gasteiger partial charge is 0.297 e. The Morgan fingerprint density at radius 3 is 2.62 bits per heavy atom. The number of aryl methyl sites for hydroxylation is 1. The van der Waals surface area contributed by atoms with Crippen LogP contribution in [0.1, 0.15) is 53.2 Å². The first kappa shape index (κ1) is 43.3. The van der Waals surface area contributed by atoms with E-state index in [0.29, 0.717) is 54.7 Å². The summed E-state index contributed by atoms with van der Waals surface area (Å²) in [6.45, 7) is 10.0. The first-order valence-corrected chi connectivity index (χ1v) is 25.3. The molecule has 8 heterocycles. The van der Waals surface area contributed by atoms with E-state index < -0.39 is 37.5 Å². The lowest BCUT2D eigenvalue weighted by atomic mass is 9.60. The normalized spacial score (nSPS) is 24.9. The number of amides is 1. The maximum atomic E-state index is 14.7. The molecule has 4 atom stereocenters. The maximum Gasteiger partial charge on any atom is 0.297 e. The van der Waals surface area contributed by atoms with Gasteiger partial charge in [-0.05, 0) is 87.7 Å². The van der Waals surface area contributed by atoms with E-state index in [9.17, 15) is 23.3 Å². The highest BCUT2D eigenvalue weighted by Gasteiger charge is 2.55. The number of fused-ring (bicyclic) bond motifs is 4. The minimum absolute atomic E-state index is 0.0316. The van der Waals surface area contributed by atoms with Gasteiger partial charge in [-0.25, -0.2) is 13.1 Å². The largest absolute Gasteiger partial charge is 0.489 e. The molecular formula is C49H56N10O8S. The van der Waals surface area contributed by atoms with Gasteiger partial charge in [-0.3, -0.25) is 24.7 Å². The van der Waals surface area contributed by atoms with Gasteiger partial charge in [0.05, 0.1) is 46.4 Å². The standard InChI is InChI=1S/C49H56N10O8S/c1-30-6-3-4-7-36(30)38-8-5-13-57(38)34-22-49(23-34)28-56(29-49)33-9-10-37(39(19-33)58-41-18-31-11-12-50-46(31)52-48(41)67-44-27-65-26-42(44)58)47(60)53-68(63,64)35-20-40(59(61)62)45-43(21-35)66-25-32(51-45)24-55-16-14-54(2)15-17-55/h3-4,6-7,9-12,18-21,32,34,38,42,44,51H,5,8,13-17,22-29H2,1-2H3,(H,50,52)(H,53,60)/t32-,38+,42+,44+/m1/s1. The molecule has 3 N–H and O–H groups in total. The van der Waals surface area contributed by atoms with Crippen LogP contribution in [0.25, 0.3) is 11.0 Å². The van der Waals surface area contributed by atoms with E-state index in [-0.39, 0.29) is 41.1 Å². The van der Waals surface area contributed by atoms with Gasteiger partial charge in [0, 0.05) is 92.7 Å². The number of likely N-dealkylation sites (tertiary alicyclic amines) is 1. The lowest BCUT2D eigenvalue weighted by Gasteiger charge is -2.62. The Hall–Kier alpha value is -5.99. The van der Waals surface area contributed by atoms with Gasteiger partial charge < -0.3 is 39.2 Å². The molecule has 6 aliphatic heterocycles. The van der Waals surface area contributed by atoms with Gasteiger partial charge in [0.2, 0.25) is 5.88 Å². The fourth-order valence-electron chi connectivity index (χ4n) is 12.0. The van der Waals surface area contributed by atoms with Crippen molar-refractivity contribution in [2.24, 2.45) is 5.41 Å². The van der Waals surface area contributed by atoms with Crippen LogP contribution in [-0.2, 0) is 14.8 Å². The summed E-state index contributed by atoms with van der Waals surface area (Å²) in [4.78, 5) is 45.7.